The molecule has 1 atom stereocenters. The zero-order valence-electron chi connectivity index (χ0n) is 10.8. The molecule has 1 amide bonds. The molecule has 2 heterocycles. The lowest BCUT2D eigenvalue weighted by Gasteiger charge is -2.32. The molecular weight excluding hydrogens is 282 g/mol. The first-order valence-electron chi connectivity index (χ1n) is 6.51. The molecule has 20 heavy (non-hydrogen) atoms. The lowest BCUT2D eigenvalue weighted by molar-refractivity contribution is -0.145. The largest absolute Gasteiger partial charge is 0.448 e. The van der Waals surface area contributed by atoms with Gasteiger partial charge in [0.1, 0.15) is 0 Å². The highest BCUT2D eigenvalue weighted by atomic mass is 35.5. The molecule has 0 spiro atoms. The van der Waals surface area contributed by atoms with E-state index in [-0.39, 0.29) is 5.91 Å². The zero-order chi connectivity index (χ0) is 14.1. The molecule has 0 N–H and O–H groups in total. The predicted octanol–water partition coefficient (Wildman–Crippen LogP) is 1.28. The van der Waals surface area contributed by atoms with Crippen molar-refractivity contribution in [1.82, 2.24) is 4.90 Å². The summed E-state index contributed by atoms with van der Waals surface area (Å²) in [5, 5.41) is 0.485. The molecule has 2 aliphatic heterocycles. The lowest BCUT2D eigenvalue weighted by Crippen LogP contribution is -2.48. The van der Waals surface area contributed by atoms with Crippen molar-refractivity contribution in [3.8, 4) is 0 Å². The fourth-order valence-electron chi connectivity index (χ4n) is 2.48. The van der Waals surface area contributed by atoms with Crippen molar-refractivity contribution < 1.29 is 19.1 Å². The zero-order valence-corrected chi connectivity index (χ0v) is 11.6. The number of benzene rings is 1. The minimum Gasteiger partial charge on any atom is -0.448 e. The van der Waals surface area contributed by atoms with E-state index in [1.165, 1.54) is 0 Å². The van der Waals surface area contributed by atoms with Crippen LogP contribution in [0.3, 0.4) is 0 Å². The summed E-state index contributed by atoms with van der Waals surface area (Å²) in [5.74, 6) is -0.636. The maximum absolute atomic E-state index is 12.3. The van der Waals surface area contributed by atoms with Gasteiger partial charge in [-0.3, -0.25) is 4.79 Å². The second-order valence-electron chi connectivity index (χ2n) is 4.84. The van der Waals surface area contributed by atoms with E-state index in [9.17, 15) is 9.59 Å². The maximum atomic E-state index is 12.3. The summed E-state index contributed by atoms with van der Waals surface area (Å²) >= 11 is 5.87. The molecule has 1 unspecified atom stereocenters. The Bertz CT molecular complexity index is 554. The van der Waals surface area contributed by atoms with Gasteiger partial charge < -0.3 is 14.4 Å². The molecule has 0 aromatic heterocycles. The van der Waals surface area contributed by atoms with Gasteiger partial charge in [-0.15, -0.1) is 0 Å². The number of hydrogen-bond acceptors (Lipinski definition) is 4. The topological polar surface area (TPSA) is 55.8 Å². The Labute approximate surface area is 121 Å². The Morgan fingerprint density at radius 3 is 2.80 bits per heavy atom. The fourth-order valence-corrected chi connectivity index (χ4v) is 2.65. The van der Waals surface area contributed by atoms with Gasteiger partial charge in [-0.1, -0.05) is 17.7 Å². The summed E-state index contributed by atoms with van der Waals surface area (Å²) in [6, 6.07) is 5.07. The monoisotopic (exact) mass is 295 g/mol. The first-order chi connectivity index (χ1) is 9.65. The number of nitrogens with zero attached hydrogens (tertiary/aromatic N) is 1. The quantitative estimate of drug-likeness (QED) is 0.733. The molecule has 1 aromatic carbocycles. The molecule has 1 saturated heterocycles. The van der Waals surface area contributed by atoms with Crippen molar-refractivity contribution in [3.63, 3.8) is 0 Å². The van der Waals surface area contributed by atoms with Crippen LogP contribution in [0.15, 0.2) is 18.2 Å². The highest BCUT2D eigenvalue weighted by molar-refractivity contribution is 6.31. The van der Waals surface area contributed by atoms with Crippen LogP contribution in [0.25, 0.3) is 0 Å². The summed E-state index contributed by atoms with van der Waals surface area (Å²) in [6.07, 6.45) is -0.344. The summed E-state index contributed by atoms with van der Waals surface area (Å²) in [5.41, 5.74) is 1.25. The van der Waals surface area contributed by atoms with Crippen molar-refractivity contribution in [3.05, 3.63) is 34.3 Å². The minimum absolute atomic E-state index is 0.151. The third-order valence-corrected chi connectivity index (χ3v) is 3.78. The van der Waals surface area contributed by atoms with Gasteiger partial charge in [0.25, 0.3) is 5.91 Å². The minimum atomic E-state index is -0.741. The molecule has 106 valence electrons. The van der Waals surface area contributed by atoms with Crippen LogP contribution in [-0.2, 0) is 20.7 Å². The number of rotatable bonds is 1. The standard InChI is InChI=1S/C14H14ClNO4/c15-10-2-1-9-7-12(20-14(18)11(9)8-10)13(17)16-3-5-19-6-4-16/h1-2,8,12H,3-7H2. The number of amides is 1. The average Bonchev–Trinajstić information content (AvgIpc) is 2.48. The molecule has 6 heteroatoms. The summed E-state index contributed by atoms with van der Waals surface area (Å²) in [4.78, 5) is 26.0. The number of morpholine rings is 1. The maximum Gasteiger partial charge on any atom is 0.339 e. The first-order valence-corrected chi connectivity index (χ1v) is 6.89. The van der Waals surface area contributed by atoms with E-state index in [1.807, 2.05) is 0 Å². The number of carbonyl (C=O) groups is 2. The molecule has 3 rings (SSSR count). The van der Waals surface area contributed by atoms with Crippen LogP contribution in [0.1, 0.15) is 15.9 Å². The molecule has 0 aliphatic carbocycles. The van der Waals surface area contributed by atoms with Crippen molar-refractivity contribution in [2.45, 2.75) is 12.5 Å². The number of halogens is 1. The normalized spacial score (nSPS) is 22.1. The van der Waals surface area contributed by atoms with Gasteiger partial charge in [0.2, 0.25) is 0 Å². The van der Waals surface area contributed by atoms with Gasteiger partial charge in [0.05, 0.1) is 18.8 Å². The number of esters is 1. The van der Waals surface area contributed by atoms with E-state index in [2.05, 4.69) is 0 Å². The molecule has 5 nitrogen and oxygen atoms in total. The van der Waals surface area contributed by atoms with Gasteiger partial charge in [0.15, 0.2) is 6.10 Å². The molecule has 0 saturated carbocycles. The Balaban J connectivity index is 1.79. The summed E-state index contributed by atoms with van der Waals surface area (Å²) in [7, 11) is 0. The van der Waals surface area contributed by atoms with Crippen LogP contribution in [0.2, 0.25) is 5.02 Å². The van der Waals surface area contributed by atoms with Crippen LogP contribution < -0.4 is 0 Å². The van der Waals surface area contributed by atoms with Crippen molar-refractivity contribution in [2.24, 2.45) is 0 Å². The van der Waals surface area contributed by atoms with E-state index in [1.54, 1.807) is 23.1 Å². The predicted molar refractivity (Wildman–Crippen MR) is 71.8 cm³/mol. The van der Waals surface area contributed by atoms with E-state index in [4.69, 9.17) is 21.1 Å². The van der Waals surface area contributed by atoms with Gasteiger partial charge in [-0.2, -0.15) is 0 Å². The van der Waals surface area contributed by atoms with Gasteiger partial charge in [0, 0.05) is 24.5 Å². The van der Waals surface area contributed by atoms with Crippen molar-refractivity contribution >= 4 is 23.5 Å². The highest BCUT2D eigenvalue weighted by Crippen LogP contribution is 2.25. The molecule has 1 aromatic rings. The molecule has 1 fully saturated rings. The average molecular weight is 296 g/mol. The Morgan fingerprint density at radius 1 is 1.30 bits per heavy atom. The molecule has 2 aliphatic rings. The summed E-state index contributed by atoms with van der Waals surface area (Å²) in [6.45, 7) is 2.14. The van der Waals surface area contributed by atoms with Crippen LogP contribution >= 0.6 is 11.6 Å². The van der Waals surface area contributed by atoms with Gasteiger partial charge in [-0.05, 0) is 17.7 Å². The second-order valence-corrected chi connectivity index (χ2v) is 5.27. The van der Waals surface area contributed by atoms with Crippen LogP contribution in [0, 0.1) is 0 Å². The van der Waals surface area contributed by atoms with Crippen LogP contribution in [-0.4, -0.2) is 49.2 Å². The SMILES string of the molecule is O=C1OC(C(=O)N2CCOCC2)Cc2ccc(Cl)cc21. The Morgan fingerprint density at radius 2 is 2.05 bits per heavy atom. The number of carbonyl (C=O) groups excluding carboxylic acids is 2. The number of ether oxygens (including phenoxy) is 2. The number of cyclic esters (lactones) is 1. The van der Waals surface area contributed by atoms with E-state index in [0.717, 1.165) is 5.56 Å². The van der Waals surface area contributed by atoms with E-state index >= 15 is 0 Å². The van der Waals surface area contributed by atoms with Crippen LogP contribution in [0.5, 0.6) is 0 Å². The lowest BCUT2D eigenvalue weighted by atomic mass is 9.98. The van der Waals surface area contributed by atoms with E-state index in [0.29, 0.717) is 43.3 Å². The number of fused-ring (bicyclic) bond motifs is 1. The van der Waals surface area contributed by atoms with Crippen molar-refractivity contribution in [1.29, 1.82) is 0 Å². The Kier molecular flexibility index (Phi) is 3.63. The molecule has 0 bridgehead atoms. The highest BCUT2D eigenvalue weighted by Gasteiger charge is 2.34. The molecular formula is C14H14ClNO4. The second kappa shape index (κ2) is 5.42. The third kappa shape index (κ3) is 2.51. The third-order valence-electron chi connectivity index (χ3n) is 3.54. The first kappa shape index (κ1) is 13.4. The fraction of sp³-hybridized carbons (Fsp3) is 0.429. The smallest absolute Gasteiger partial charge is 0.339 e. The van der Waals surface area contributed by atoms with Gasteiger partial charge >= 0.3 is 5.97 Å². The van der Waals surface area contributed by atoms with Crippen LogP contribution in [0.4, 0.5) is 0 Å². The Hall–Kier alpha value is -1.59. The van der Waals surface area contributed by atoms with Crippen molar-refractivity contribution in [2.75, 3.05) is 26.3 Å². The summed E-state index contributed by atoms with van der Waals surface area (Å²) < 4.78 is 10.5. The van der Waals surface area contributed by atoms with Gasteiger partial charge in [-0.25, -0.2) is 4.79 Å². The molecule has 0 radical (unpaired) electrons. The number of hydrogen-bond donors (Lipinski definition) is 0. The van der Waals surface area contributed by atoms with E-state index < -0.39 is 12.1 Å².